The summed E-state index contributed by atoms with van der Waals surface area (Å²) in [6, 6.07) is 9.33. The molecule has 0 fully saturated rings. The molecule has 1 aromatic carbocycles. The van der Waals surface area contributed by atoms with Gasteiger partial charge in [-0.2, -0.15) is 0 Å². The highest BCUT2D eigenvalue weighted by molar-refractivity contribution is 5.87. The Balaban J connectivity index is 2.70. The lowest BCUT2D eigenvalue weighted by Crippen LogP contribution is -2.45. The fraction of sp³-hybridized carbons (Fsp3) is 0.429. The molecule has 0 aliphatic carbocycles. The lowest BCUT2D eigenvalue weighted by molar-refractivity contribution is -0.148. The monoisotopic (exact) mass is 265 g/mol. The Kier molecular flexibility index (Phi) is 5.06. The average Bonchev–Trinajstić information content (AvgIpc) is 2.39. The number of hydrogen-bond acceptors (Lipinski definition) is 3. The molecule has 0 aliphatic rings. The zero-order valence-corrected chi connectivity index (χ0v) is 11.3. The van der Waals surface area contributed by atoms with Gasteiger partial charge in [-0.1, -0.05) is 30.3 Å². The zero-order chi connectivity index (χ0) is 14.5. The molecular formula is C14H19NO4. The molecule has 2 N–H and O–H groups in total. The molecule has 5 nitrogen and oxygen atoms in total. The summed E-state index contributed by atoms with van der Waals surface area (Å²) in [7, 11) is 1.30. The van der Waals surface area contributed by atoms with E-state index >= 15 is 0 Å². The van der Waals surface area contributed by atoms with Gasteiger partial charge in [-0.3, -0.25) is 4.79 Å². The van der Waals surface area contributed by atoms with Gasteiger partial charge in [0.05, 0.1) is 12.0 Å². The third-order valence-corrected chi connectivity index (χ3v) is 3.07. The standard InChI is InChI=1S/C14H19NO4/c1-14(2,10-7-5-4-6-8-10)13(18)15-9-11(19-3)12(16)17/h4-8,11H,9H2,1-3H3,(H,15,18)(H,16,17). The fourth-order valence-corrected chi connectivity index (χ4v) is 1.66. The van der Waals surface area contributed by atoms with Crippen LogP contribution in [0, 0.1) is 0 Å². The molecule has 0 saturated carbocycles. The number of ether oxygens (including phenoxy) is 1. The second-order valence-electron chi connectivity index (χ2n) is 4.76. The largest absolute Gasteiger partial charge is 0.479 e. The van der Waals surface area contributed by atoms with E-state index in [1.165, 1.54) is 7.11 Å². The Morgan fingerprint density at radius 2 is 1.89 bits per heavy atom. The normalized spacial score (nSPS) is 12.8. The number of rotatable bonds is 6. The lowest BCUT2D eigenvalue weighted by Gasteiger charge is -2.25. The van der Waals surface area contributed by atoms with Crippen LogP contribution in [0.25, 0.3) is 0 Å². The maximum absolute atomic E-state index is 12.1. The predicted octanol–water partition coefficient (Wildman–Crippen LogP) is 1.18. The Hall–Kier alpha value is -1.88. The first kappa shape index (κ1) is 15.2. The number of carboxylic acid groups (broad SMARTS) is 1. The molecule has 0 bridgehead atoms. The van der Waals surface area contributed by atoms with Crippen LogP contribution >= 0.6 is 0 Å². The molecule has 0 spiro atoms. The van der Waals surface area contributed by atoms with E-state index < -0.39 is 17.5 Å². The van der Waals surface area contributed by atoms with Crippen molar-refractivity contribution in [3.05, 3.63) is 35.9 Å². The van der Waals surface area contributed by atoms with Crippen LogP contribution in [0.4, 0.5) is 0 Å². The molecule has 0 radical (unpaired) electrons. The van der Waals surface area contributed by atoms with Crippen LogP contribution in [-0.2, 0) is 19.7 Å². The zero-order valence-electron chi connectivity index (χ0n) is 11.3. The van der Waals surface area contributed by atoms with Crippen molar-refractivity contribution in [2.24, 2.45) is 0 Å². The van der Waals surface area contributed by atoms with Crippen molar-refractivity contribution in [2.75, 3.05) is 13.7 Å². The van der Waals surface area contributed by atoms with Crippen molar-refractivity contribution < 1.29 is 19.4 Å². The molecule has 0 saturated heterocycles. The summed E-state index contributed by atoms with van der Waals surface area (Å²) >= 11 is 0. The molecule has 0 aliphatic heterocycles. The number of hydrogen-bond donors (Lipinski definition) is 2. The summed E-state index contributed by atoms with van der Waals surface area (Å²) in [5.74, 6) is -1.33. The predicted molar refractivity (Wildman–Crippen MR) is 70.9 cm³/mol. The fourth-order valence-electron chi connectivity index (χ4n) is 1.66. The van der Waals surface area contributed by atoms with Gasteiger partial charge in [-0.25, -0.2) is 4.79 Å². The van der Waals surface area contributed by atoms with Gasteiger partial charge >= 0.3 is 5.97 Å². The topological polar surface area (TPSA) is 75.6 Å². The van der Waals surface area contributed by atoms with E-state index in [9.17, 15) is 9.59 Å². The van der Waals surface area contributed by atoms with E-state index in [4.69, 9.17) is 9.84 Å². The molecule has 1 amide bonds. The van der Waals surface area contributed by atoms with E-state index in [-0.39, 0.29) is 12.5 Å². The summed E-state index contributed by atoms with van der Waals surface area (Å²) in [4.78, 5) is 22.9. The Morgan fingerprint density at radius 3 is 2.37 bits per heavy atom. The minimum Gasteiger partial charge on any atom is -0.479 e. The van der Waals surface area contributed by atoms with Crippen LogP contribution in [-0.4, -0.2) is 36.7 Å². The Bertz CT molecular complexity index is 442. The SMILES string of the molecule is COC(CNC(=O)C(C)(C)c1ccccc1)C(=O)O. The molecule has 1 rings (SSSR count). The van der Waals surface area contributed by atoms with E-state index in [1.54, 1.807) is 13.8 Å². The van der Waals surface area contributed by atoms with Crippen molar-refractivity contribution in [1.29, 1.82) is 0 Å². The molecular weight excluding hydrogens is 246 g/mol. The first-order valence-corrected chi connectivity index (χ1v) is 5.99. The summed E-state index contributed by atoms with van der Waals surface area (Å²) < 4.78 is 4.77. The molecule has 1 aromatic rings. The molecule has 104 valence electrons. The number of nitrogens with one attached hydrogen (secondary N) is 1. The third-order valence-electron chi connectivity index (χ3n) is 3.07. The number of methoxy groups -OCH3 is 1. The smallest absolute Gasteiger partial charge is 0.334 e. The summed E-state index contributed by atoms with van der Waals surface area (Å²) in [6.07, 6.45) is -1.03. The average molecular weight is 265 g/mol. The minimum atomic E-state index is -1.10. The molecule has 5 heteroatoms. The minimum absolute atomic E-state index is 0.0546. The van der Waals surface area contributed by atoms with Gasteiger partial charge in [0.15, 0.2) is 6.10 Å². The van der Waals surface area contributed by atoms with Gasteiger partial charge in [0.1, 0.15) is 0 Å². The van der Waals surface area contributed by atoms with Gasteiger partial charge < -0.3 is 15.2 Å². The summed E-state index contributed by atoms with van der Waals surface area (Å²) in [6.45, 7) is 3.53. The van der Waals surface area contributed by atoms with Crippen molar-refractivity contribution in [2.45, 2.75) is 25.4 Å². The van der Waals surface area contributed by atoms with Crippen LogP contribution in [0.1, 0.15) is 19.4 Å². The highest BCUT2D eigenvalue weighted by Crippen LogP contribution is 2.22. The van der Waals surface area contributed by atoms with Crippen LogP contribution in [0.5, 0.6) is 0 Å². The first-order chi connectivity index (χ1) is 8.89. The molecule has 0 heterocycles. The number of carboxylic acids is 1. The Labute approximate surface area is 112 Å². The van der Waals surface area contributed by atoms with E-state index in [0.29, 0.717) is 0 Å². The van der Waals surface area contributed by atoms with E-state index in [2.05, 4.69) is 5.32 Å². The van der Waals surface area contributed by atoms with Crippen LogP contribution in [0.2, 0.25) is 0 Å². The number of aliphatic carboxylic acids is 1. The summed E-state index contributed by atoms with van der Waals surface area (Å²) in [5.41, 5.74) is 0.148. The van der Waals surface area contributed by atoms with Crippen LogP contribution < -0.4 is 5.32 Å². The van der Waals surface area contributed by atoms with E-state index in [0.717, 1.165) is 5.56 Å². The quantitative estimate of drug-likeness (QED) is 0.810. The maximum Gasteiger partial charge on any atom is 0.334 e. The molecule has 1 unspecified atom stereocenters. The third kappa shape index (κ3) is 3.79. The highest BCUT2D eigenvalue weighted by Gasteiger charge is 2.30. The van der Waals surface area contributed by atoms with Crippen molar-refractivity contribution >= 4 is 11.9 Å². The van der Waals surface area contributed by atoms with Crippen molar-refractivity contribution in [1.82, 2.24) is 5.32 Å². The number of carbonyl (C=O) groups is 2. The molecule has 0 aromatic heterocycles. The molecule has 19 heavy (non-hydrogen) atoms. The van der Waals surface area contributed by atoms with Crippen molar-refractivity contribution in [3.8, 4) is 0 Å². The van der Waals surface area contributed by atoms with Gasteiger partial charge in [0.2, 0.25) is 5.91 Å². The van der Waals surface area contributed by atoms with Crippen LogP contribution in [0.3, 0.4) is 0 Å². The second kappa shape index (κ2) is 6.33. The maximum atomic E-state index is 12.1. The summed E-state index contributed by atoms with van der Waals surface area (Å²) in [5, 5.41) is 11.4. The van der Waals surface area contributed by atoms with Crippen molar-refractivity contribution in [3.63, 3.8) is 0 Å². The van der Waals surface area contributed by atoms with Gasteiger partial charge in [0, 0.05) is 7.11 Å². The first-order valence-electron chi connectivity index (χ1n) is 5.99. The number of benzene rings is 1. The number of amides is 1. The van der Waals surface area contributed by atoms with Gasteiger partial charge in [0.25, 0.3) is 0 Å². The number of carbonyl (C=O) groups excluding carboxylic acids is 1. The van der Waals surface area contributed by atoms with Crippen LogP contribution in [0.15, 0.2) is 30.3 Å². The Morgan fingerprint density at radius 1 is 1.32 bits per heavy atom. The molecule has 1 atom stereocenters. The highest BCUT2D eigenvalue weighted by atomic mass is 16.5. The lowest BCUT2D eigenvalue weighted by atomic mass is 9.84. The van der Waals surface area contributed by atoms with Gasteiger partial charge in [-0.05, 0) is 19.4 Å². The second-order valence-corrected chi connectivity index (χ2v) is 4.76. The van der Waals surface area contributed by atoms with Gasteiger partial charge in [-0.15, -0.1) is 0 Å². The van der Waals surface area contributed by atoms with E-state index in [1.807, 2.05) is 30.3 Å².